The number of aryl methyl sites for hydroxylation is 1. The first-order chi connectivity index (χ1) is 17.0. The zero-order valence-corrected chi connectivity index (χ0v) is 23.1. The molecule has 0 radical (unpaired) electrons. The van der Waals surface area contributed by atoms with Gasteiger partial charge in [-0.25, -0.2) is 4.68 Å². The van der Waals surface area contributed by atoms with Crippen molar-refractivity contribution < 1.29 is 9.59 Å². The molecule has 2 amide bonds. The van der Waals surface area contributed by atoms with Gasteiger partial charge in [0.15, 0.2) is 0 Å². The highest BCUT2D eigenvalue weighted by Gasteiger charge is 2.24. The highest BCUT2D eigenvalue weighted by molar-refractivity contribution is 6.42. The number of amides is 2. The van der Waals surface area contributed by atoms with Crippen LogP contribution in [0.2, 0.25) is 10.0 Å². The number of anilines is 1. The third-order valence-corrected chi connectivity index (χ3v) is 6.58. The molecule has 3 aromatic rings. The van der Waals surface area contributed by atoms with Crippen molar-refractivity contribution in [1.82, 2.24) is 14.7 Å². The van der Waals surface area contributed by atoms with E-state index in [1.807, 2.05) is 25.1 Å². The van der Waals surface area contributed by atoms with Gasteiger partial charge >= 0.3 is 0 Å². The van der Waals surface area contributed by atoms with Crippen LogP contribution >= 0.6 is 23.2 Å². The molecule has 0 aliphatic heterocycles. The number of benzene rings is 2. The Morgan fingerprint density at radius 2 is 1.69 bits per heavy atom. The molecule has 0 aliphatic rings. The van der Waals surface area contributed by atoms with Gasteiger partial charge in [0.25, 0.3) is 5.91 Å². The Labute approximate surface area is 223 Å². The van der Waals surface area contributed by atoms with E-state index >= 15 is 0 Å². The Balaban J connectivity index is 1.87. The summed E-state index contributed by atoms with van der Waals surface area (Å²) in [5.41, 5.74) is 2.88. The lowest BCUT2D eigenvalue weighted by Crippen LogP contribution is -2.39. The lowest BCUT2D eigenvalue weighted by Gasteiger charge is -2.22. The van der Waals surface area contributed by atoms with Crippen molar-refractivity contribution in [2.24, 2.45) is 0 Å². The molecule has 0 aliphatic carbocycles. The number of aromatic nitrogens is 2. The minimum absolute atomic E-state index is 0.0617. The van der Waals surface area contributed by atoms with Crippen LogP contribution in [0.1, 0.15) is 68.6 Å². The first kappa shape index (κ1) is 27.8. The van der Waals surface area contributed by atoms with Gasteiger partial charge in [0.05, 0.1) is 21.4 Å². The van der Waals surface area contributed by atoms with Crippen molar-refractivity contribution in [3.05, 3.63) is 75.4 Å². The fraction of sp³-hybridized carbons (Fsp3) is 0.393. The first-order valence-corrected chi connectivity index (χ1v) is 13.0. The smallest absolute Gasteiger partial charge is 0.254 e. The molecule has 1 N–H and O–H groups in total. The summed E-state index contributed by atoms with van der Waals surface area (Å²) < 4.78 is 1.64. The van der Waals surface area contributed by atoms with Gasteiger partial charge in [-0.3, -0.25) is 9.59 Å². The molecule has 3 rings (SSSR count). The monoisotopic (exact) mass is 528 g/mol. The molecule has 0 saturated heterocycles. The zero-order valence-electron chi connectivity index (χ0n) is 21.6. The fourth-order valence-corrected chi connectivity index (χ4v) is 3.98. The summed E-state index contributed by atoms with van der Waals surface area (Å²) >= 11 is 12.3. The van der Waals surface area contributed by atoms with E-state index in [-0.39, 0.29) is 23.8 Å². The van der Waals surface area contributed by atoms with Crippen LogP contribution in [0.4, 0.5) is 5.82 Å². The second-order valence-corrected chi connectivity index (χ2v) is 10.8. The normalized spacial score (nSPS) is 11.4. The van der Waals surface area contributed by atoms with E-state index in [1.165, 1.54) is 0 Å². The summed E-state index contributed by atoms with van der Waals surface area (Å²) in [4.78, 5) is 28.1. The first-order valence-electron chi connectivity index (χ1n) is 12.2. The molecule has 1 heterocycles. The van der Waals surface area contributed by atoms with Crippen molar-refractivity contribution in [3.63, 3.8) is 0 Å². The second kappa shape index (κ2) is 11.9. The predicted octanol–water partition coefficient (Wildman–Crippen LogP) is 7.06. The summed E-state index contributed by atoms with van der Waals surface area (Å²) in [5.74, 6) is 0.0443. The summed E-state index contributed by atoms with van der Waals surface area (Å²) in [6.07, 6.45) is 2.84. The summed E-state index contributed by atoms with van der Waals surface area (Å²) in [5, 5.41) is 8.52. The number of hydrogen-bond donors (Lipinski definition) is 1. The standard InChI is InChI=1S/C28H34Cl2N4O2/c1-6-7-8-15-33(27(36)20-11-9-19(2)10-12-20)18-26(35)31-25-17-24(28(3,4)5)32-34(25)21-13-14-22(29)23(30)16-21/h9-14,16-17H,6-8,15,18H2,1-5H3,(H,31,35). The molecule has 0 spiro atoms. The van der Waals surface area contributed by atoms with Crippen LogP contribution in [-0.4, -0.2) is 39.6 Å². The van der Waals surface area contributed by atoms with Gasteiger partial charge in [0, 0.05) is 23.6 Å². The average Bonchev–Trinajstić information content (AvgIpc) is 3.24. The molecule has 0 bridgehead atoms. The minimum Gasteiger partial charge on any atom is -0.329 e. The number of nitrogens with one attached hydrogen (secondary N) is 1. The van der Waals surface area contributed by atoms with Crippen LogP contribution < -0.4 is 5.32 Å². The van der Waals surface area contributed by atoms with E-state index in [0.717, 1.165) is 30.5 Å². The van der Waals surface area contributed by atoms with E-state index in [0.29, 0.717) is 33.7 Å². The molecule has 6 nitrogen and oxygen atoms in total. The van der Waals surface area contributed by atoms with Crippen LogP contribution in [0, 0.1) is 6.92 Å². The number of carbonyl (C=O) groups excluding carboxylic acids is 2. The molecular weight excluding hydrogens is 495 g/mol. The lowest BCUT2D eigenvalue weighted by atomic mass is 9.92. The SMILES string of the molecule is CCCCCN(CC(=O)Nc1cc(C(C)(C)C)nn1-c1ccc(Cl)c(Cl)c1)C(=O)c1ccc(C)cc1. The van der Waals surface area contributed by atoms with Crippen molar-refractivity contribution in [3.8, 4) is 5.69 Å². The van der Waals surface area contributed by atoms with Gasteiger partial charge in [0.1, 0.15) is 12.4 Å². The Morgan fingerprint density at radius 1 is 1.00 bits per heavy atom. The largest absolute Gasteiger partial charge is 0.329 e. The molecule has 0 fully saturated rings. The molecule has 1 aromatic heterocycles. The van der Waals surface area contributed by atoms with Crippen LogP contribution in [-0.2, 0) is 10.2 Å². The van der Waals surface area contributed by atoms with Crippen molar-refractivity contribution in [2.75, 3.05) is 18.4 Å². The van der Waals surface area contributed by atoms with E-state index in [4.69, 9.17) is 28.3 Å². The Bertz CT molecular complexity index is 1210. The van der Waals surface area contributed by atoms with Crippen LogP contribution in [0.15, 0.2) is 48.5 Å². The van der Waals surface area contributed by atoms with Gasteiger partial charge < -0.3 is 10.2 Å². The van der Waals surface area contributed by atoms with Crippen LogP contribution in [0.3, 0.4) is 0 Å². The summed E-state index contributed by atoms with van der Waals surface area (Å²) in [6, 6.07) is 14.5. The van der Waals surface area contributed by atoms with Gasteiger partial charge in [0.2, 0.25) is 5.91 Å². The Kier molecular flexibility index (Phi) is 9.20. The average molecular weight is 530 g/mol. The third kappa shape index (κ3) is 7.11. The van der Waals surface area contributed by atoms with Gasteiger partial charge in [-0.15, -0.1) is 0 Å². The maximum atomic E-state index is 13.2. The molecule has 36 heavy (non-hydrogen) atoms. The maximum Gasteiger partial charge on any atom is 0.254 e. The predicted molar refractivity (Wildman–Crippen MR) is 148 cm³/mol. The van der Waals surface area contributed by atoms with E-state index in [2.05, 4.69) is 33.0 Å². The van der Waals surface area contributed by atoms with Gasteiger partial charge in [-0.2, -0.15) is 5.10 Å². The van der Waals surface area contributed by atoms with E-state index in [9.17, 15) is 9.59 Å². The highest BCUT2D eigenvalue weighted by Crippen LogP contribution is 2.29. The van der Waals surface area contributed by atoms with E-state index < -0.39 is 0 Å². The Morgan fingerprint density at radius 3 is 2.31 bits per heavy atom. The molecule has 0 saturated carbocycles. The number of carbonyl (C=O) groups is 2. The third-order valence-electron chi connectivity index (χ3n) is 5.84. The number of hydrogen-bond acceptors (Lipinski definition) is 3. The number of rotatable bonds is 9. The highest BCUT2D eigenvalue weighted by atomic mass is 35.5. The second-order valence-electron chi connectivity index (χ2n) is 10.0. The minimum atomic E-state index is -0.298. The fourth-order valence-electron chi connectivity index (χ4n) is 3.69. The summed E-state index contributed by atoms with van der Waals surface area (Å²) in [6.45, 7) is 10.7. The molecule has 2 aromatic carbocycles. The van der Waals surface area contributed by atoms with Crippen molar-refractivity contribution in [2.45, 2.75) is 59.3 Å². The molecular formula is C28H34Cl2N4O2. The van der Waals surface area contributed by atoms with Gasteiger partial charge in [-0.05, 0) is 43.7 Å². The molecule has 8 heteroatoms. The van der Waals surface area contributed by atoms with Crippen molar-refractivity contribution in [1.29, 1.82) is 0 Å². The zero-order chi connectivity index (χ0) is 26.5. The maximum absolute atomic E-state index is 13.2. The summed E-state index contributed by atoms with van der Waals surface area (Å²) in [7, 11) is 0. The topological polar surface area (TPSA) is 67.2 Å². The van der Waals surface area contributed by atoms with Gasteiger partial charge in [-0.1, -0.05) is 81.4 Å². The molecule has 192 valence electrons. The van der Waals surface area contributed by atoms with E-state index in [1.54, 1.807) is 39.9 Å². The number of halogens is 2. The number of nitrogens with zero attached hydrogens (tertiary/aromatic N) is 3. The van der Waals surface area contributed by atoms with Crippen LogP contribution in [0.5, 0.6) is 0 Å². The molecule has 0 atom stereocenters. The lowest BCUT2D eigenvalue weighted by molar-refractivity contribution is -0.117. The van der Waals surface area contributed by atoms with Crippen molar-refractivity contribution >= 4 is 40.8 Å². The quantitative estimate of drug-likeness (QED) is 0.302. The molecule has 0 unspecified atom stereocenters. The Hall–Kier alpha value is -2.83. The number of unbranched alkanes of at least 4 members (excludes halogenated alkanes) is 2. The van der Waals surface area contributed by atoms with Crippen LogP contribution in [0.25, 0.3) is 5.69 Å².